The van der Waals surface area contributed by atoms with Gasteiger partial charge < -0.3 is 5.32 Å². The summed E-state index contributed by atoms with van der Waals surface area (Å²) < 4.78 is 2.02. The zero-order valence-electron chi connectivity index (χ0n) is 11.6. The molecule has 0 bridgehead atoms. The van der Waals surface area contributed by atoms with E-state index in [4.69, 9.17) is 0 Å². The van der Waals surface area contributed by atoms with Crippen LogP contribution in [0.1, 0.15) is 52.3 Å². The summed E-state index contributed by atoms with van der Waals surface area (Å²) in [7, 11) is 0. The number of hydrogen-bond acceptors (Lipinski definition) is 4. The van der Waals surface area contributed by atoms with Crippen LogP contribution in [-0.4, -0.2) is 25.7 Å². The van der Waals surface area contributed by atoms with Gasteiger partial charge in [0.2, 0.25) is 0 Å². The van der Waals surface area contributed by atoms with Crippen molar-refractivity contribution in [1.29, 1.82) is 0 Å². The van der Waals surface area contributed by atoms with Crippen molar-refractivity contribution in [1.82, 2.24) is 25.5 Å². The first kappa shape index (κ1) is 12.1. The highest BCUT2D eigenvalue weighted by atomic mass is 15.5. The third-order valence-electron chi connectivity index (χ3n) is 4.18. The zero-order valence-corrected chi connectivity index (χ0v) is 11.6. The van der Waals surface area contributed by atoms with Crippen LogP contribution in [0.15, 0.2) is 0 Å². The van der Waals surface area contributed by atoms with Crippen LogP contribution in [0.25, 0.3) is 0 Å². The Hall–Kier alpha value is -0.970. The zero-order chi connectivity index (χ0) is 12.8. The summed E-state index contributed by atoms with van der Waals surface area (Å²) in [6.07, 6.45) is 5.56. The number of aromatic nitrogens is 4. The molecule has 2 aliphatic carbocycles. The van der Waals surface area contributed by atoms with Gasteiger partial charge in [-0.05, 0) is 68.2 Å². The van der Waals surface area contributed by atoms with Crippen molar-refractivity contribution >= 4 is 0 Å². The summed E-state index contributed by atoms with van der Waals surface area (Å²) in [6.45, 7) is 8.25. The van der Waals surface area contributed by atoms with Crippen LogP contribution >= 0.6 is 0 Å². The summed E-state index contributed by atoms with van der Waals surface area (Å²) in [4.78, 5) is 0. The molecule has 1 aromatic heterocycles. The predicted molar refractivity (Wildman–Crippen MR) is 68.8 cm³/mol. The number of nitrogens with one attached hydrogen (secondary N) is 1. The van der Waals surface area contributed by atoms with Gasteiger partial charge >= 0.3 is 0 Å². The van der Waals surface area contributed by atoms with E-state index in [1.807, 2.05) is 4.68 Å². The molecule has 0 aliphatic heterocycles. The Bertz CT molecular complexity index is 423. The minimum absolute atomic E-state index is 0.102. The molecule has 2 saturated carbocycles. The SMILES string of the molecule is CC(C)(C)NCc1nnnn1CC1(C2CC2)CC1. The van der Waals surface area contributed by atoms with Gasteiger partial charge in [0, 0.05) is 5.54 Å². The Morgan fingerprint density at radius 3 is 2.61 bits per heavy atom. The lowest BCUT2D eigenvalue weighted by molar-refractivity contribution is 0.331. The molecule has 18 heavy (non-hydrogen) atoms. The Labute approximate surface area is 108 Å². The van der Waals surface area contributed by atoms with Crippen molar-refractivity contribution in [2.45, 2.75) is 65.1 Å². The fraction of sp³-hybridized carbons (Fsp3) is 0.923. The lowest BCUT2D eigenvalue weighted by Crippen LogP contribution is -2.36. The van der Waals surface area contributed by atoms with E-state index in [1.165, 1.54) is 25.7 Å². The van der Waals surface area contributed by atoms with Gasteiger partial charge in [-0.3, -0.25) is 0 Å². The first-order valence-electron chi connectivity index (χ1n) is 6.99. The molecular formula is C13H23N5. The van der Waals surface area contributed by atoms with Gasteiger partial charge in [0.25, 0.3) is 0 Å². The quantitative estimate of drug-likeness (QED) is 0.864. The van der Waals surface area contributed by atoms with Crippen molar-refractivity contribution in [2.24, 2.45) is 11.3 Å². The number of rotatable bonds is 5. The summed E-state index contributed by atoms with van der Waals surface area (Å²) in [5.41, 5.74) is 0.649. The number of tetrazole rings is 1. The van der Waals surface area contributed by atoms with Crippen molar-refractivity contribution in [2.75, 3.05) is 0 Å². The molecule has 1 heterocycles. The van der Waals surface area contributed by atoms with Crippen molar-refractivity contribution in [3.8, 4) is 0 Å². The van der Waals surface area contributed by atoms with Crippen molar-refractivity contribution < 1.29 is 0 Å². The maximum absolute atomic E-state index is 4.17. The average molecular weight is 249 g/mol. The topological polar surface area (TPSA) is 55.6 Å². The molecule has 0 spiro atoms. The van der Waals surface area contributed by atoms with E-state index in [1.54, 1.807) is 0 Å². The third-order valence-corrected chi connectivity index (χ3v) is 4.18. The van der Waals surface area contributed by atoms with Gasteiger partial charge in [-0.2, -0.15) is 0 Å². The minimum Gasteiger partial charge on any atom is -0.305 e. The number of nitrogens with zero attached hydrogens (tertiary/aromatic N) is 4. The van der Waals surface area contributed by atoms with Crippen LogP contribution in [0, 0.1) is 11.3 Å². The average Bonchev–Trinajstić information content (AvgIpc) is 3.14. The van der Waals surface area contributed by atoms with E-state index < -0.39 is 0 Å². The fourth-order valence-electron chi connectivity index (χ4n) is 2.67. The highest BCUT2D eigenvalue weighted by Crippen LogP contribution is 2.62. The highest BCUT2D eigenvalue weighted by molar-refractivity contribution is 5.04. The van der Waals surface area contributed by atoms with Gasteiger partial charge in [0.15, 0.2) is 5.82 Å². The molecule has 1 aromatic rings. The summed E-state index contributed by atoms with van der Waals surface area (Å²) in [5.74, 6) is 1.92. The fourth-order valence-corrected chi connectivity index (χ4v) is 2.67. The largest absolute Gasteiger partial charge is 0.305 e. The number of hydrogen-bond donors (Lipinski definition) is 1. The molecule has 0 saturated heterocycles. The van der Waals surface area contributed by atoms with Gasteiger partial charge in [-0.1, -0.05) is 0 Å². The van der Waals surface area contributed by atoms with Crippen molar-refractivity contribution in [3.05, 3.63) is 5.82 Å². The summed E-state index contributed by atoms with van der Waals surface area (Å²) in [6, 6.07) is 0. The second-order valence-electron chi connectivity index (χ2n) is 6.99. The Morgan fingerprint density at radius 1 is 1.33 bits per heavy atom. The van der Waals surface area contributed by atoms with Crippen LogP contribution in [0.4, 0.5) is 0 Å². The van der Waals surface area contributed by atoms with Crippen LogP contribution in [0.2, 0.25) is 0 Å². The Morgan fingerprint density at radius 2 is 2.06 bits per heavy atom. The van der Waals surface area contributed by atoms with Crippen LogP contribution in [-0.2, 0) is 13.1 Å². The van der Waals surface area contributed by atoms with Crippen molar-refractivity contribution in [3.63, 3.8) is 0 Å². The molecule has 100 valence electrons. The van der Waals surface area contributed by atoms with E-state index >= 15 is 0 Å². The molecule has 0 atom stereocenters. The second-order valence-corrected chi connectivity index (χ2v) is 6.99. The Kier molecular flexibility index (Phi) is 2.70. The van der Waals surface area contributed by atoms with E-state index in [2.05, 4.69) is 41.6 Å². The van der Waals surface area contributed by atoms with Gasteiger partial charge in [-0.25, -0.2) is 4.68 Å². The van der Waals surface area contributed by atoms with Gasteiger partial charge in [0.05, 0.1) is 13.1 Å². The van der Waals surface area contributed by atoms with Crippen LogP contribution in [0.5, 0.6) is 0 Å². The van der Waals surface area contributed by atoms with Crippen LogP contribution in [0.3, 0.4) is 0 Å². The third kappa shape index (κ3) is 2.55. The molecule has 0 radical (unpaired) electrons. The smallest absolute Gasteiger partial charge is 0.165 e. The maximum atomic E-state index is 4.17. The van der Waals surface area contributed by atoms with E-state index in [-0.39, 0.29) is 5.54 Å². The maximum Gasteiger partial charge on any atom is 0.165 e. The van der Waals surface area contributed by atoms with E-state index in [0.29, 0.717) is 5.41 Å². The highest BCUT2D eigenvalue weighted by Gasteiger charge is 2.54. The second kappa shape index (κ2) is 4.02. The van der Waals surface area contributed by atoms with E-state index in [0.717, 1.165) is 24.8 Å². The standard InChI is InChI=1S/C13H23N5/c1-12(2,3)14-8-11-15-16-17-18(11)9-13(6-7-13)10-4-5-10/h10,14H,4-9H2,1-3H3. The molecule has 0 unspecified atom stereocenters. The lowest BCUT2D eigenvalue weighted by Gasteiger charge is -2.20. The lowest BCUT2D eigenvalue weighted by atomic mass is 10.0. The molecule has 0 aromatic carbocycles. The monoisotopic (exact) mass is 249 g/mol. The minimum atomic E-state index is 0.102. The molecule has 5 nitrogen and oxygen atoms in total. The molecular weight excluding hydrogens is 226 g/mol. The molecule has 2 fully saturated rings. The first-order valence-corrected chi connectivity index (χ1v) is 6.99. The molecule has 2 aliphatic rings. The summed E-state index contributed by atoms with van der Waals surface area (Å²) in [5, 5.41) is 15.6. The molecule has 5 heteroatoms. The van der Waals surface area contributed by atoms with Crippen LogP contribution < -0.4 is 5.32 Å². The Balaban J connectivity index is 1.64. The molecule has 1 N–H and O–H groups in total. The normalized spacial score (nSPS) is 22.2. The molecule has 0 amide bonds. The molecule has 3 rings (SSSR count). The van der Waals surface area contributed by atoms with E-state index in [9.17, 15) is 0 Å². The van der Waals surface area contributed by atoms with Gasteiger partial charge in [-0.15, -0.1) is 5.10 Å². The first-order chi connectivity index (χ1) is 8.49. The predicted octanol–water partition coefficient (Wildman–Crippen LogP) is 1.75. The summed E-state index contributed by atoms with van der Waals surface area (Å²) >= 11 is 0. The van der Waals surface area contributed by atoms with Gasteiger partial charge in [0.1, 0.15) is 0 Å².